The Labute approximate surface area is 106 Å². The zero-order valence-electron chi connectivity index (χ0n) is 9.38. The third kappa shape index (κ3) is 4.19. The van der Waals surface area contributed by atoms with Gasteiger partial charge < -0.3 is 9.47 Å². The second kappa shape index (κ2) is 6.06. The number of rotatable bonds is 5. The van der Waals surface area contributed by atoms with E-state index < -0.39 is 17.5 Å². The first-order valence-electron chi connectivity index (χ1n) is 4.88. The molecule has 18 heavy (non-hydrogen) atoms. The molecule has 1 aromatic carbocycles. The standard InChI is InChI=1S/C11H10ClF3O3/c1-17-2-3-18-9-5-7(4-8(12)6-9)10(16)11(13,14)15/h4-6H,2-3H2,1H3. The van der Waals surface area contributed by atoms with Gasteiger partial charge in [0, 0.05) is 17.7 Å². The minimum Gasteiger partial charge on any atom is -0.491 e. The maximum atomic E-state index is 12.3. The number of benzene rings is 1. The van der Waals surface area contributed by atoms with E-state index in [1.165, 1.54) is 13.2 Å². The van der Waals surface area contributed by atoms with Gasteiger partial charge in [0.05, 0.1) is 6.61 Å². The maximum Gasteiger partial charge on any atom is 0.454 e. The quantitative estimate of drug-likeness (QED) is 0.615. The summed E-state index contributed by atoms with van der Waals surface area (Å²) in [6.45, 7) is 0.422. The second-order valence-corrected chi connectivity index (χ2v) is 3.78. The van der Waals surface area contributed by atoms with Crippen LogP contribution in [-0.2, 0) is 4.74 Å². The Hall–Kier alpha value is -1.27. The molecule has 0 heterocycles. The van der Waals surface area contributed by atoms with E-state index in [1.54, 1.807) is 0 Å². The van der Waals surface area contributed by atoms with E-state index >= 15 is 0 Å². The molecule has 0 aliphatic rings. The summed E-state index contributed by atoms with van der Waals surface area (Å²) in [4.78, 5) is 11.0. The summed E-state index contributed by atoms with van der Waals surface area (Å²) in [7, 11) is 1.46. The van der Waals surface area contributed by atoms with Crippen LogP contribution in [0.1, 0.15) is 10.4 Å². The number of carbonyl (C=O) groups is 1. The van der Waals surface area contributed by atoms with Crippen molar-refractivity contribution in [3.8, 4) is 5.75 Å². The number of ether oxygens (including phenoxy) is 2. The number of carbonyl (C=O) groups excluding carboxylic acids is 1. The van der Waals surface area contributed by atoms with E-state index in [0.717, 1.165) is 12.1 Å². The molecule has 1 rings (SSSR count). The van der Waals surface area contributed by atoms with Crippen LogP contribution in [0.15, 0.2) is 18.2 Å². The van der Waals surface area contributed by atoms with Crippen molar-refractivity contribution in [1.29, 1.82) is 0 Å². The zero-order chi connectivity index (χ0) is 13.8. The Kier molecular flexibility index (Phi) is 4.98. The molecule has 0 bridgehead atoms. The second-order valence-electron chi connectivity index (χ2n) is 3.34. The van der Waals surface area contributed by atoms with Gasteiger partial charge in [0.1, 0.15) is 12.4 Å². The van der Waals surface area contributed by atoms with Crippen LogP contribution in [0.3, 0.4) is 0 Å². The Balaban J connectivity index is 2.90. The monoisotopic (exact) mass is 282 g/mol. The fraction of sp³-hybridized carbons (Fsp3) is 0.364. The minimum absolute atomic E-state index is 0.00230. The highest BCUT2D eigenvalue weighted by Gasteiger charge is 2.39. The Morgan fingerprint density at radius 1 is 1.28 bits per heavy atom. The molecule has 100 valence electrons. The average molecular weight is 283 g/mol. The van der Waals surface area contributed by atoms with Gasteiger partial charge in [-0.1, -0.05) is 11.6 Å². The van der Waals surface area contributed by atoms with Crippen LogP contribution < -0.4 is 4.74 Å². The van der Waals surface area contributed by atoms with Gasteiger partial charge >= 0.3 is 6.18 Å². The number of ketones is 1. The summed E-state index contributed by atoms with van der Waals surface area (Å²) in [6, 6.07) is 3.27. The molecular formula is C11H10ClF3O3. The van der Waals surface area contributed by atoms with Crippen LogP contribution in [0.4, 0.5) is 13.2 Å². The van der Waals surface area contributed by atoms with Gasteiger partial charge in [0.15, 0.2) is 0 Å². The predicted octanol–water partition coefficient (Wildman–Crippen LogP) is 3.11. The fourth-order valence-electron chi connectivity index (χ4n) is 1.18. The van der Waals surface area contributed by atoms with Crippen molar-refractivity contribution >= 4 is 17.4 Å². The SMILES string of the molecule is COCCOc1cc(Cl)cc(C(=O)C(F)(F)F)c1. The zero-order valence-corrected chi connectivity index (χ0v) is 10.1. The van der Waals surface area contributed by atoms with Gasteiger partial charge in [-0.2, -0.15) is 13.2 Å². The Bertz CT molecular complexity index is 432. The molecule has 0 saturated heterocycles. The van der Waals surface area contributed by atoms with Crippen molar-refractivity contribution in [3.63, 3.8) is 0 Å². The highest BCUT2D eigenvalue weighted by molar-refractivity contribution is 6.31. The van der Waals surface area contributed by atoms with E-state index in [0.29, 0.717) is 0 Å². The van der Waals surface area contributed by atoms with Crippen molar-refractivity contribution in [2.45, 2.75) is 6.18 Å². The smallest absolute Gasteiger partial charge is 0.454 e. The first-order valence-corrected chi connectivity index (χ1v) is 5.26. The molecule has 0 fully saturated rings. The van der Waals surface area contributed by atoms with Gasteiger partial charge in [-0.25, -0.2) is 0 Å². The molecule has 1 aromatic rings. The molecule has 7 heteroatoms. The molecule has 0 atom stereocenters. The van der Waals surface area contributed by atoms with Crippen molar-refractivity contribution in [3.05, 3.63) is 28.8 Å². The topological polar surface area (TPSA) is 35.5 Å². The van der Waals surface area contributed by atoms with Gasteiger partial charge in [0.25, 0.3) is 5.78 Å². The number of methoxy groups -OCH3 is 1. The highest BCUT2D eigenvalue weighted by atomic mass is 35.5. The van der Waals surface area contributed by atoms with Crippen LogP contribution in [-0.4, -0.2) is 32.3 Å². The lowest BCUT2D eigenvalue weighted by Gasteiger charge is -2.09. The van der Waals surface area contributed by atoms with Crippen LogP contribution in [0, 0.1) is 0 Å². The predicted molar refractivity (Wildman–Crippen MR) is 59.2 cm³/mol. The van der Waals surface area contributed by atoms with Crippen molar-refractivity contribution in [1.82, 2.24) is 0 Å². The summed E-state index contributed by atoms with van der Waals surface area (Å²) >= 11 is 5.63. The lowest BCUT2D eigenvalue weighted by Crippen LogP contribution is -2.22. The number of hydrogen-bond acceptors (Lipinski definition) is 3. The molecular weight excluding hydrogens is 273 g/mol. The van der Waals surface area contributed by atoms with Gasteiger partial charge in [-0.15, -0.1) is 0 Å². The molecule has 0 unspecified atom stereocenters. The average Bonchev–Trinajstić information content (AvgIpc) is 2.26. The van der Waals surface area contributed by atoms with Crippen molar-refractivity contribution < 1.29 is 27.4 Å². The van der Waals surface area contributed by atoms with Crippen LogP contribution in [0.5, 0.6) is 5.75 Å². The molecule has 0 spiro atoms. The van der Waals surface area contributed by atoms with E-state index in [-0.39, 0.29) is 24.0 Å². The summed E-state index contributed by atoms with van der Waals surface area (Å²) in [5.74, 6) is -1.87. The fourth-order valence-corrected chi connectivity index (χ4v) is 1.41. The van der Waals surface area contributed by atoms with Crippen LogP contribution in [0.2, 0.25) is 5.02 Å². The molecule has 0 aliphatic carbocycles. The summed E-state index contributed by atoms with van der Waals surface area (Å²) < 4.78 is 46.6. The van der Waals surface area contributed by atoms with Crippen molar-refractivity contribution in [2.24, 2.45) is 0 Å². The molecule has 0 N–H and O–H groups in total. The Morgan fingerprint density at radius 3 is 2.50 bits per heavy atom. The van der Waals surface area contributed by atoms with E-state index in [9.17, 15) is 18.0 Å². The normalized spacial score (nSPS) is 11.4. The van der Waals surface area contributed by atoms with Crippen molar-refractivity contribution in [2.75, 3.05) is 20.3 Å². The van der Waals surface area contributed by atoms with Crippen LogP contribution in [0.25, 0.3) is 0 Å². The van der Waals surface area contributed by atoms with E-state index in [4.69, 9.17) is 21.1 Å². The first kappa shape index (κ1) is 14.8. The third-order valence-electron chi connectivity index (χ3n) is 1.95. The summed E-state index contributed by atoms with van der Waals surface area (Å²) in [5, 5.41) is -0.00230. The molecule has 0 amide bonds. The van der Waals surface area contributed by atoms with E-state index in [2.05, 4.69) is 0 Å². The number of halogens is 4. The number of Topliss-reactive ketones (excluding diaryl/α,β-unsaturated/α-hetero) is 1. The minimum atomic E-state index is -4.94. The molecule has 0 aromatic heterocycles. The summed E-state index contributed by atoms with van der Waals surface area (Å²) in [6.07, 6.45) is -4.94. The molecule has 0 radical (unpaired) electrons. The summed E-state index contributed by atoms with van der Waals surface area (Å²) in [5.41, 5.74) is -0.553. The molecule has 3 nitrogen and oxygen atoms in total. The van der Waals surface area contributed by atoms with Gasteiger partial charge in [-0.05, 0) is 18.2 Å². The third-order valence-corrected chi connectivity index (χ3v) is 2.17. The van der Waals surface area contributed by atoms with Gasteiger partial charge in [0.2, 0.25) is 0 Å². The van der Waals surface area contributed by atoms with Gasteiger partial charge in [-0.3, -0.25) is 4.79 Å². The Morgan fingerprint density at radius 2 is 1.94 bits per heavy atom. The largest absolute Gasteiger partial charge is 0.491 e. The van der Waals surface area contributed by atoms with Crippen LogP contribution >= 0.6 is 11.6 Å². The maximum absolute atomic E-state index is 12.3. The molecule has 0 aliphatic heterocycles. The lowest BCUT2D eigenvalue weighted by atomic mass is 10.1. The number of hydrogen-bond donors (Lipinski definition) is 0. The first-order chi connectivity index (χ1) is 8.34. The lowest BCUT2D eigenvalue weighted by molar-refractivity contribution is -0.0885. The number of alkyl halides is 3. The highest BCUT2D eigenvalue weighted by Crippen LogP contribution is 2.27. The molecule has 0 saturated carbocycles. The van der Waals surface area contributed by atoms with E-state index in [1.807, 2.05) is 0 Å².